The molecule has 86 valence electrons. The van der Waals surface area contributed by atoms with Crippen molar-refractivity contribution < 1.29 is 4.74 Å². The fourth-order valence-electron chi connectivity index (χ4n) is 1.07. The number of nitrogens with two attached hydrogens (primary N) is 1. The second-order valence-electron chi connectivity index (χ2n) is 4.62. The van der Waals surface area contributed by atoms with Crippen molar-refractivity contribution in [2.75, 3.05) is 39.9 Å². The van der Waals surface area contributed by atoms with Gasteiger partial charge in [0.05, 0.1) is 6.61 Å². The topological polar surface area (TPSA) is 38.5 Å². The molecule has 2 N–H and O–H groups in total. The molecule has 0 heterocycles. The van der Waals surface area contributed by atoms with Gasteiger partial charge in [0.2, 0.25) is 0 Å². The van der Waals surface area contributed by atoms with Gasteiger partial charge in [0.1, 0.15) is 0 Å². The summed E-state index contributed by atoms with van der Waals surface area (Å²) in [5, 5.41) is 0. The highest BCUT2D eigenvalue weighted by Gasteiger charge is 2.15. The molecule has 0 aliphatic rings. The van der Waals surface area contributed by atoms with Crippen LogP contribution in [0.3, 0.4) is 0 Å². The number of hydrogen-bond donors (Lipinski definition) is 1. The first-order valence-electron chi connectivity index (χ1n) is 5.48. The van der Waals surface area contributed by atoms with Crippen molar-refractivity contribution in [2.24, 2.45) is 11.1 Å². The molecule has 0 saturated carbocycles. The third-order valence-electron chi connectivity index (χ3n) is 2.54. The maximum Gasteiger partial charge on any atom is 0.0593 e. The molecular formula is C11H26N2O. The molecule has 0 fully saturated rings. The lowest BCUT2D eigenvalue weighted by atomic mass is 9.89. The van der Waals surface area contributed by atoms with Crippen molar-refractivity contribution in [1.82, 2.24) is 4.90 Å². The van der Waals surface area contributed by atoms with Gasteiger partial charge in [0.15, 0.2) is 0 Å². The van der Waals surface area contributed by atoms with Crippen LogP contribution in [-0.4, -0.2) is 44.8 Å². The molecule has 0 aromatic rings. The van der Waals surface area contributed by atoms with Crippen LogP contribution in [-0.2, 0) is 4.74 Å². The van der Waals surface area contributed by atoms with Gasteiger partial charge in [-0.05, 0) is 38.9 Å². The molecular weight excluding hydrogens is 176 g/mol. The third-order valence-corrected chi connectivity index (χ3v) is 2.54. The number of hydrogen-bond acceptors (Lipinski definition) is 3. The Labute approximate surface area is 88.6 Å². The van der Waals surface area contributed by atoms with Crippen LogP contribution in [0.2, 0.25) is 0 Å². The minimum atomic E-state index is 0.264. The van der Waals surface area contributed by atoms with E-state index in [0.29, 0.717) is 0 Å². The third kappa shape index (κ3) is 7.30. The minimum Gasteiger partial charge on any atom is -0.380 e. The zero-order chi connectivity index (χ0) is 11.0. The monoisotopic (exact) mass is 202 g/mol. The van der Waals surface area contributed by atoms with Gasteiger partial charge in [-0.2, -0.15) is 0 Å². The lowest BCUT2D eigenvalue weighted by Gasteiger charge is -2.25. The average Bonchev–Trinajstić information content (AvgIpc) is 2.16. The Bertz CT molecular complexity index is 137. The van der Waals surface area contributed by atoms with E-state index in [2.05, 4.69) is 25.8 Å². The molecule has 0 bridgehead atoms. The van der Waals surface area contributed by atoms with E-state index in [1.165, 1.54) is 0 Å². The van der Waals surface area contributed by atoms with E-state index >= 15 is 0 Å². The van der Waals surface area contributed by atoms with Crippen LogP contribution in [0.4, 0.5) is 0 Å². The van der Waals surface area contributed by atoms with Crippen LogP contribution in [0.1, 0.15) is 27.2 Å². The second kappa shape index (κ2) is 7.21. The fourth-order valence-corrected chi connectivity index (χ4v) is 1.07. The average molecular weight is 202 g/mol. The highest BCUT2D eigenvalue weighted by molar-refractivity contribution is 4.70. The van der Waals surface area contributed by atoms with Gasteiger partial charge in [-0.15, -0.1) is 0 Å². The summed E-state index contributed by atoms with van der Waals surface area (Å²) in [4.78, 5) is 2.30. The van der Waals surface area contributed by atoms with Crippen LogP contribution in [0.25, 0.3) is 0 Å². The van der Waals surface area contributed by atoms with Crippen LogP contribution < -0.4 is 5.73 Å². The predicted octanol–water partition coefficient (Wildman–Crippen LogP) is 1.33. The van der Waals surface area contributed by atoms with Crippen molar-refractivity contribution in [3.05, 3.63) is 0 Å². The molecule has 0 spiro atoms. The summed E-state index contributed by atoms with van der Waals surface area (Å²) in [6.45, 7) is 10.9. The molecule has 0 unspecified atom stereocenters. The molecule has 0 amide bonds. The molecule has 0 aromatic heterocycles. The summed E-state index contributed by atoms with van der Waals surface area (Å²) in [7, 11) is 2.13. The summed E-state index contributed by atoms with van der Waals surface area (Å²) < 4.78 is 5.30. The highest BCUT2D eigenvalue weighted by atomic mass is 16.5. The van der Waals surface area contributed by atoms with E-state index in [1.807, 2.05) is 6.92 Å². The number of likely N-dealkylation sites (N-methyl/N-ethyl adjacent to an activating group) is 1. The molecule has 0 saturated heterocycles. The molecule has 0 atom stereocenters. The first kappa shape index (κ1) is 13.9. The van der Waals surface area contributed by atoms with Crippen molar-refractivity contribution in [2.45, 2.75) is 27.2 Å². The first-order chi connectivity index (χ1) is 6.52. The summed E-state index contributed by atoms with van der Waals surface area (Å²) in [6.07, 6.45) is 1.14. The SMILES string of the molecule is CCOCCN(C)CCC(C)(C)CN. The summed E-state index contributed by atoms with van der Waals surface area (Å²) >= 11 is 0. The van der Waals surface area contributed by atoms with Gasteiger partial charge in [0, 0.05) is 13.2 Å². The lowest BCUT2D eigenvalue weighted by Crippen LogP contribution is -2.31. The molecule has 0 rings (SSSR count). The molecule has 0 aromatic carbocycles. The Morgan fingerprint density at radius 2 is 1.93 bits per heavy atom. The van der Waals surface area contributed by atoms with Gasteiger partial charge in [-0.3, -0.25) is 0 Å². The lowest BCUT2D eigenvalue weighted by molar-refractivity contribution is 0.117. The summed E-state index contributed by atoms with van der Waals surface area (Å²) in [5.41, 5.74) is 5.93. The van der Waals surface area contributed by atoms with Crippen molar-refractivity contribution in [3.63, 3.8) is 0 Å². The van der Waals surface area contributed by atoms with Gasteiger partial charge in [0.25, 0.3) is 0 Å². The number of ether oxygens (including phenoxy) is 1. The van der Waals surface area contributed by atoms with Crippen LogP contribution in [0.15, 0.2) is 0 Å². The normalized spacial score (nSPS) is 12.4. The Hall–Kier alpha value is -0.120. The summed E-state index contributed by atoms with van der Waals surface area (Å²) in [6, 6.07) is 0. The standard InChI is InChI=1S/C11H26N2O/c1-5-14-9-8-13(4)7-6-11(2,3)10-12/h5-10,12H2,1-4H3. The van der Waals surface area contributed by atoms with E-state index in [-0.39, 0.29) is 5.41 Å². The Morgan fingerprint density at radius 1 is 1.29 bits per heavy atom. The Morgan fingerprint density at radius 3 is 2.43 bits per heavy atom. The minimum absolute atomic E-state index is 0.264. The fraction of sp³-hybridized carbons (Fsp3) is 1.00. The van der Waals surface area contributed by atoms with Crippen molar-refractivity contribution in [3.8, 4) is 0 Å². The zero-order valence-electron chi connectivity index (χ0n) is 10.2. The smallest absolute Gasteiger partial charge is 0.0593 e. The molecule has 3 nitrogen and oxygen atoms in total. The highest BCUT2D eigenvalue weighted by Crippen LogP contribution is 2.17. The Kier molecular flexibility index (Phi) is 7.15. The Balaban J connectivity index is 3.48. The van der Waals surface area contributed by atoms with E-state index in [9.17, 15) is 0 Å². The quantitative estimate of drug-likeness (QED) is 0.604. The largest absolute Gasteiger partial charge is 0.380 e. The van der Waals surface area contributed by atoms with Crippen LogP contribution in [0, 0.1) is 5.41 Å². The van der Waals surface area contributed by atoms with Gasteiger partial charge in [-0.25, -0.2) is 0 Å². The number of nitrogens with zero attached hydrogens (tertiary/aromatic N) is 1. The second-order valence-corrected chi connectivity index (χ2v) is 4.62. The maximum atomic E-state index is 5.67. The van der Waals surface area contributed by atoms with Crippen LogP contribution in [0.5, 0.6) is 0 Å². The molecule has 3 heteroatoms. The van der Waals surface area contributed by atoms with E-state index in [1.54, 1.807) is 0 Å². The van der Waals surface area contributed by atoms with Crippen molar-refractivity contribution in [1.29, 1.82) is 0 Å². The van der Waals surface area contributed by atoms with Gasteiger partial charge < -0.3 is 15.4 Å². The summed E-state index contributed by atoms with van der Waals surface area (Å²) in [5.74, 6) is 0. The molecule has 0 radical (unpaired) electrons. The molecule has 0 aliphatic carbocycles. The molecule has 0 aliphatic heterocycles. The predicted molar refractivity (Wildman–Crippen MR) is 61.4 cm³/mol. The number of rotatable bonds is 8. The van der Waals surface area contributed by atoms with Gasteiger partial charge >= 0.3 is 0 Å². The van der Waals surface area contributed by atoms with Crippen LogP contribution >= 0.6 is 0 Å². The zero-order valence-corrected chi connectivity index (χ0v) is 10.2. The van der Waals surface area contributed by atoms with E-state index in [4.69, 9.17) is 10.5 Å². The van der Waals surface area contributed by atoms with E-state index in [0.717, 1.165) is 39.3 Å². The van der Waals surface area contributed by atoms with E-state index < -0.39 is 0 Å². The maximum absolute atomic E-state index is 5.67. The first-order valence-corrected chi connectivity index (χ1v) is 5.48. The molecule has 14 heavy (non-hydrogen) atoms. The van der Waals surface area contributed by atoms with Crippen molar-refractivity contribution >= 4 is 0 Å². The van der Waals surface area contributed by atoms with Gasteiger partial charge in [-0.1, -0.05) is 13.8 Å².